The summed E-state index contributed by atoms with van der Waals surface area (Å²) in [4.78, 5) is 15.7. The molecule has 1 heterocycles. The van der Waals surface area contributed by atoms with Crippen LogP contribution in [0.5, 0.6) is 5.88 Å². The first kappa shape index (κ1) is 14.1. The molecule has 2 rings (SSSR count). The van der Waals surface area contributed by atoms with E-state index in [1.54, 1.807) is 12.1 Å². The maximum Gasteiger partial charge on any atom is 0.225 e. The molecule has 1 fully saturated rings. The average Bonchev–Trinajstić information content (AvgIpc) is 2.83. The Balaban J connectivity index is 1.66. The van der Waals surface area contributed by atoms with Crippen LogP contribution in [0.1, 0.15) is 19.3 Å². The van der Waals surface area contributed by atoms with Crippen LogP contribution in [-0.4, -0.2) is 35.3 Å². The van der Waals surface area contributed by atoms with Crippen molar-refractivity contribution in [3.63, 3.8) is 0 Å². The minimum absolute atomic E-state index is 0.0994. The van der Waals surface area contributed by atoms with Gasteiger partial charge in [0.1, 0.15) is 6.61 Å². The summed E-state index contributed by atoms with van der Waals surface area (Å²) in [6, 6.07) is 3.36. The Morgan fingerprint density at radius 2 is 2.37 bits per heavy atom. The molecule has 1 amide bonds. The molecule has 2 N–H and O–H groups in total. The lowest BCUT2D eigenvalue weighted by molar-refractivity contribution is -0.127. The SMILES string of the molecule is O=C(NCCOc1ccc(Cl)cn1)C1CCCC1O. The maximum absolute atomic E-state index is 11.8. The third kappa shape index (κ3) is 4.08. The van der Waals surface area contributed by atoms with Crippen LogP contribution in [-0.2, 0) is 4.79 Å². The maximum atomic E-state index is 11.8. The van der Waals surface area contributed by atoms with Crippen molar-refractivity contribution in [3.8, 4) is 5.88 Å². The highest BCUT2D eigenvalue weighted by Crippen LogP contribution is 2.25. The van der Waals surface area contributed by atoms with Crippen LogP contribution in [0, 0.1) is 5.92 Å². The number of carbonyl (C=O) groups is 1. The minimum Gasteiger partial charge on any atom is -0.476 e. The van der Waals surface area contributed by atoms with E-state index in [-0.39, 0.29) is 11.8 Å². The van der Waals surface area contributed by atoms with Crippen molar-refractivity contribution in [2.75, 3.05) is 13.2 Å². The van der Waals surface area contributed by atoms with Crippen LogP contribution < -0.4 is 10.1 Å². The number of rotatable bonds is 5. The van der Waals surface area contributed by atoms with E-state index in [9.17, 15) is 9.90 Å². The van der Waals surface area contributed by atoms with Gasteiger partial charge in [0.05, 0.1) is 23.6 Å². The van der Waals surface area contributed by atoms with Crippen LogP contribution in [0.4, 0.5) is 0 Å². The topological polar surface area (TPSA) is 71.5 Å². The number of pyridine rings is 1. The molecule has 2 unspecified atom stereocenters. The van der Waals surface area contributed by atoms with Gasteiger partial charge in [-0.25, -0.2) is 4.98 Å². The molecule has 1 aliphatic rings. The van der Waals surface area contributed by atoms with E-state index in [1.165, 1.54) is 6.20 Å². The second-order valence-electron chi connectivity index (χ2n) is 4.56. The number of nitrogens with zero attached hydrogens (tertiary/aromatic N) is 1. The van der Waals surface area contributed by atoms with Crippen LogP contribution in [0.3, 0.4) is 0 Å². The van der Waals surface area contributed by atoms with Crippen molar-refractivity contribution in [1.29, 1.82) is 0 Å². The first-order valence-electron chi connectivity index (χ1n) is 6.37. The number of hydrogen-bond donors (Lipinski definition) is 2. The van der Waals surface area contributed by atoms with E-state index in [1.807, 2.05) is 0 Å². The Bertz CT molecular complexity index is 424. The summed E-state index contributed by atoms with van der Waals surface area (Å²) >= 11 is 5.70. The fourth-order valence-corrected chi connectivity index (χ4v) is 2.27. The molecule has 0 bridgehead atoms. The zero-order valence-electron chi connectivity index (χ0n) is 10.5. The van der Waals surface area contributed by atoms with Gasteiger partial charge in [-0.2, -0.15) is 0 Å². The van der Waals surface area contributed by atoms with Gasteiger partial charge in [0.25, 0.3) is 0 Å². The second kappa shape index (κ2) is 6.73. The zero-order chi connectivity index (χ0) is 13.7. The third-order valence-corrected chi connectivity index (χ3v) is 3.39. The zero-order valence-corrected chi connectivity index (χ0v) is 11.3. The number of aliphatic hydroxyl groups excluding tert-OH is 1. The molecule has 6 heteroatoms. The van der Waals surface area contributed by atoms with E-state index in [0.29, 0.717) is 30.5 Å². The molecule has 2 atom stereocenters. The number of carbonyl (C=O) groups excluding carboxylic acids is 1. The Labute approximate surface area is 116 Å². The molecule has 0 aliphatic heterocycles. The number of halogens is 1. The third-order valence-electron chi connectivity index (χ3n) is 3.17. The standard InChI is InChI=1S/C13H17ClN2O3/c14-9-4-5-12(16-8-9)19-7-6-15-13(18)10-2-1-3-11(10)17/h4-5,8,10-11,17H,1-3,6-7H2,(H,15,18). The minimum atomic E-state index is -0.501. The molecule has 5 nitrogen and oxygen atoms in total. The molecule has 0 aromatic carbocycles. The van der Waals surface area contributed by atoms with Gasteiger partial charge < -0.3 is 15.2 Å². The van der Waals surface area contributed by atoms with E-state index >= 15 is 0 Å². The van der Waals surface area contributed by atoms with Crippen LogP contribution in [0.2, 0.25) is 5.02 Å². The Hall–Kier alpha value is -1.33. The van der Waals surface area contributed by atoms with Crippen molar-refractivity contribution < 1.29 is 14.6 Å². The van der Waals surface area contributed by atoms with Gasteiger partial charge in [-0.3, -0.25) is 4.79 Å². The first-order chi connectivity index (χ1) is 9.16. The average molecular weight is 285 g/mol. The van der Waals surface area contributed by atoms with Crippen molar-refractivity contribution in [2.45, 2.75) is 25.4 Å². The molecule has 0 saturated heterocycles. The van der Waals surface area contributed by atoms with Gasteiger partial charge in [-0.1, -0.05) is 11.6 Å². The smallest absolute Gasteiger partial charge is 0.225 e. The fraction of sp³-hybridized carbons (Fsp3) is 0.538. The van der Waals surface area contributed by atoms with Crippen LogP contribution in [0.25, 0.3) is 0 Å². The number of hydrogen-bond acceptors (Lipinski definition) is 4. The molecule has 104 valence electrons. The Kier molecular flexibility index (Phi) is 4.99. The van der Waals surface area contributed by atoms with Gasteiger partial charge in [0.2, 0.25) is 11.8 Å². The lowest BCUT2D eigenvalue weighted by atomic mass is 10.1. The van der Waals surface area contributed by atoms with E-state index < -0.39 is 6.10 Å². The summed E-state index contributed by atoms with van der Waals surface area (Å²) in [7, 11) is 0. The van der Waals surface area contributed by atoms with Gasteiger partial charge in [-0.05, 0) is 25.3 Å². The van der Waals surface area contributed by atoms with Gasteiger partial charge in [0.15, 0.2) is 0 Å². The number of aromatic nitrogens is 1. The van der Waals surface area contributed by atoms with Crippen molar-refractivity contribution in [1.82, 2.24) is 10.3 Å². The number of nitrogens with one attached hydrogen (secondary N) is 1. The van der Waals surface area contributed by atoms with Crippen molar-refractivity contribution in [3.05, 3.63) is 23.4 Å². The summed E-state index contributed by atoms with van der Waals surface area (Å²) in [5.41, 5.74) is 0. The molecule has 1 aromatic rings. The lowest BCUT2D eigenvalue weighted by Crippen LogP contribution is -2.36. The summed E-state index contributed by atoms with van der Waals surface area (Å²) in [6.45, 7) is 0.732. The van der Waals surface area contributed by atoms with Crippen molar-refractivity contribution in [2.24, 2.45) is 5.92 Å². The quantitative estimate of drug-likeness (QED) is 0.802. The molecule has 0 spiro atoms. The van der Waals surface area contributed by atoms with E-state index in [4.69, 9.17) is 16.3 Å². The summed E-state index contributed by atoms with van der Waals surface area (Å²) in [6.07, 6.45) is 3.38. The largest absolute Gasteiger partial charge is 0.476 e. The highest BCUT2D eigenvalue weighted by atomic mass is 35.5. The molecule has 1 aliphatic carbocycles. The first-order valence-corrected chi connectivity index (χ1v) is 6.75. The van der Waals surface area contributed by atoms with Gasteiger partial charge >= 0.3 is 0 Å². The molecular formula is C13H17ClN2O3. The fourth-order valence-electron chi connectivity index (χ4n) is 2.15. The predicted molar refractivity (Wildman–Crippen MR) is 71.1 cm³/mol. The van der Waals surface area contributed by atoms with E-state index in [2.05, 4.69) is 10.3 Å². The number of ether oxygens (including phenoxy) is 1. The van der Waals surface area contributed by atoms with Gasteiger partial charge in [-0.15, -0.1) is 0 Å². The number of amides is 1. The molecular weight excluding hydrogens is 268 g/mol. The summed E-state index contributed by atoms with van der Waals surface area (Å²) in [5, 5.41) is 12.9. The number of aliphatic hydroxyl groups is 1. The van der Waals surface area contributed by atoms with Crippen molar-refractivity contribution >= 4 is 17.5 Å². The Morgan fingerprint density at radius 1 is 1.53 bits per heavy atom. The predicted octanol–water partition coefficient (Wildman–Crippen LogP) is 1.39. The monoisotopic (exact) mass is 284 g/mol. The highest BCUT2D eigenvalue weighted by Gasteiger charge is 2.30. The van der Waals surface area contributed by atoms with Gasteiger partial charge in [0, 0.05) is 12.3 Å². The highest BCUT2D eigenvalue weighted by molar-refractivity contribution is 6.30. The Morgan fingerprint density at radius 3 is 3.00 bits per heavy atom. The normalized spacial score (nSPS) is 22.2. The summed E-state index contributed by atoms with van der Waals surface area (Å²) < 4.78 is 5.35. The summed E-state index contributed by atoms with van der Waals surface area (Å²) in [5.74, 6) is 0.103. The molecule has 0 radical (unpaired) electrons. The molecule has 19 heavy (non-hydrogen) atoms. The van der Waals surface area contributed by atoms with Crippen LogP contribution >= 0.6 is 11.6 Å². The second-order valence-corrected chi connectivity index (χ2v) is 5.00. The van der Waals surface area contributed by atoms with E-state index in [0.717, 1.165) is 12.8 Å². The molecule has 1 saturated carbocycles. The molecule has 1 aromatic heterocycles. The van der Waals surface area contributed by atoms with Crippen LogP contribution in [0.15, 0.2) is 18.3 Å². The lowest BCUT2D eigenvalue weighted by Gasteiger charge is -2.14.